The first-order valence-electron chi connectivity index (χ1n) is 7.02. The zero-order chi connectivity index (χ0) is 15.7. The molecule has 3 heteroatoms. The van der Waals surface area contributed by atoms with Crippen molar-refractivity contribution >= 4 is 29.4 Å². The van der Waals surface area contributed by atoms with Gasteiger partial charge in [0.05, 0.1) is 5.57 Å². The maximum atomic E-state index is 12.0. The van der Waals surface area contributed by atoms with Crippen LogP contribution in [0.15, 0.2) is 54.1 Å². The lowest BCUT2D eigenvalue weighted by Crippen LogP contribution is -1.97. The van der Waals surface area contributed by atoms with E-state index >= 15 is 0 Å². The van der Waals surface area contributed by atoms with Crippen LogP contribution in [0.25, 0.3) is 11.8 Å². The minimum absolute atomic E-state index is 0.330. The first-order chi connectivity index (χ1) is 10.5. The van der Waals surface area contributed by atoms with Crippen LogP contribution in [0.1, 0.15) is 22.3 Å². The van der Waals surface area contributed by atoms with E-state index in [0.29, 0.717) is 16.4 Å². The second kappa shape index (κ2) is 5.82. The molecule has 0 bridgehead atoms. The van der Waals surface area contributed by atoms with Crippen LogP contribution < -0.4 is 0 Å². The summed E-state index contributed by atoms with van der Waals surface area (Å²) in [6.45, 7) is 4.10. The molecule has 2 aromatic rings. The average molecular weight is 311 g/mol. The van der Waals surface area contributed by atoms with Crippen molar-refractivity contribution in [1.29, 1.82) is 0 Å². The second-order valence-corrected chi connectivity index (χ2v) is 5.78. The smallest absolute Gasteiger partial charge is 0.343 e. The van der Waals surface area contributed by atoms with Gasteiger partial charge in [0.1, 0.15) is 5.76 Å². The normalized spacial score (nSPS) is 15.9. The van der Waals surface area contributed by atoms with E-state index in [1.165, 1.54) is 11.1 Å². The van der Waals surface area contributed by atoms with E-state index in [1.807, 2.05) is 37.3 Å². The van der Waals surface area contributed by atoms with Crippen LogP contribution in [-0.2, 0) is 9.53 Å². The van der Waals surface area contributed by atoms with E-state index in [-0.39, 0.29) is 5.97 Å². The van der Waals surface area contributed by atoms with Gasteiger partial charge in [0.25, 0.3) is 0 Å². The summed E-state index contributed by atoms with van der Waals surface area (Å²) in [5, 5.41) is 0.669. The molecule has 0 unspecified atom stereocenters. The minimum Gasteiger partial charge on any atom is -0.422 e. The van der Waals surface area contributed by atoms with E-state index < -0.39 is 0 Å². The summed E-state index contributed by atoms with van der Waals surface area (Å²) in [7, 11) is 0. The highest BCUT2D eigenvalue weighted by Gasteiger charge is 2.22. The Morgan fingerprint density at radius 3 is 2.41 bits per heavy atom. The summed E-state index contributed by atoms with van der Waals surface area (Å²) in [5.74, 6) is 0.261. The predicted molar refractivity (Wildman–Crippen MR) is 89.4 cm³/mol. The van der Waals surface area contributed by atoms with Crippen molar-refractivity contribution in [1.82, 2.24) is 0 Å². The Kier molecular flexibility index (Phi) is 3.86. The van der Waals surface area contributed by atoms with Crippen LogP contribution in [0.2, 0.25) is 5.02 Å². The number of halogens is 1. The first kappa shape index (κ1) is 14.6. The van der Waals surface area contributed by atoms with Crippen LogP contribution in [0.4, 0.5) is 0 Å². The molecule has 0 N–H and O–H groups in total. The highest BCUT2D eigenvalue weighted by atomic mass is 35.5. The Hall–Kier alpha value is -2.32. The molecular formula is C19H15ClO2. The minimum atomic E-state index is -0.330. The summed E-state index contributed by atoms with van der Waals surface area (Å²) in [5.41, 5.74) is 4.75. The molecule has 1 heterocycles. The van der Waals surface area contributed by atoms with Crippen LogP contribution in [0.5, 0.6) is 0 Å². The van der Waals surface area contributed by atoms with Gasteiger partial charge in [-0.05, 0) is 60.9 Å². The lowest BCUT2D eigenvalue weighted by atomic mass is 10.0. The van der Waals surface area contributed by atoms with Gasteiger partial charge in [0, 0.05) is 10.6 Å². The number of benzene rings is 2. The standard InChI is InChI=1S/C19H15ClO2/c1-12-3-6-15(9-13(12)2)18-11-16(19(21)22-18)10-14-4-7-17(20)8-5-14/h3-11H,1-2H3/b16-10+. The molecule has 1 aliphatic rings. The highest BCUT2D eigenvalue weighted by molar-refractivity contribution is 6.30. The number of aryl methyl sites for hydroxylation is 2. The number of ether oxygens (including phenoxy) is 1. The Balaban J connectivity index is 1.94. The molecule has 2 aromatic carbocycles. The quantitative estimate of drug-likeness (QED) is 0.580. The summed E-state index contributed by atoms with van der Waals surface area (Å²) in [6, 6.07) is 13.3. The number of hydrogen-bond donors (Lipinski definition) is 0. The summed E-state index contributed by atoms with van der Waals surface area (Å²) in [6.07, 6.45) is 3.58. The molecule has 0 radical (unpaired) electrons. The van der Waals surface area contributed by atoms with Crippen molar-refractivity contribution in [3.63, 3.8) is 0 Å². The van der Waals surface area contributed by atoms with Crippen LogP contribution >= 0.6 is 11.6 Å². The molecule has 0 amide bonds. The zero-order valence-electron chi connectivity index (χ0n) is 12.4. The largest absolute Gasteiger partial charge is 0.422 e. The second-order valence-electron chi connectivity index (χ2n) is 5.35. The number of carbonyl (C=O) groups is 1. The topological polar surface area (TPSA) is 26.3 Å². The SMILES string of the molecule is Cc1ccc(C2=C/C(=C\c3ccc(Cl)cc3)C(=O)O2)cc1C. The van der Waals surface area contributed by atoms with Gasteiger partial charge in [-0.25, -0.2) is 4.79 Å². The fraction of sp³-hybridized carbons (Fsp3) is 0.105. The van der Waals surface area contributed by atoms with Crippen molar-refractivity contribution in [2.24, 2.45) is 0 Å². The average Bonchev–Trinajstić information content (AvgIpc) is 2.85. The fourth-order valence-corrected chi connectivity index (χ4v) is 2.39. The lowest BCUT2D eigenvalue weighted by Gasteiger charge is -2.05. The number of esters is 1. The van der Waals surface area contributed by atoms with Gasteiger partial charge in [0.2, 0.25) is 0 Å². The predicted octanol–water partition coefficient (Wildman–Crippen LogP) is 4.94. The highest BCUT2D eigenvalue weighted by Crippen LogP contribution is 2.28. The Morgan fingerprint density at radius 2 is 1.73 bits per heavy atom. The van der Waals surface area contributed by atoms with Crippen LogP contribution in [0.3, 0.4) is 0 Å². The van der Waals surface area contributed by atoms with Gasteiger partial charge in [-0.15, -0.1) is 0 Å². The number of carbonyl (C=O) groups excluding carboxylic acids is 1. The van der Waals surface area contributed by atoms with Crippen molar-refractivity contribution in [2.45, 2.75) is 13.8 Å². The number of rotatable bonds is 2. The summed E-state index contributed by atoms with van der Waals surface area (Å²) < 4.78 is 5.38. The van der Waals surface area contributed by atoms with Crippen molar-refractivity contribution in [2.75, 3.05) is 0 Å². The van der Waals surface area contributed by atoms with Crippen molar-refractivity contribution in [3.05, 3.63) is 81.4 Å². The zero-order valence-corrected chi connectivity index (χ0v) is 13.1. The number of hydrogen-bond acceptors (Lipinski definition) is 2. The Bertz CT molecular complexity index is 799. The van der Waals surface area contributed by atoms with E-state index in [1.54, 1.807) is 24.3 Å². The van der Waals surface area contributed by atoms with E-state index in [0.717, 1.165) is 11.1 Å². The van der Waals surface area contributed by atoms with Gasteiger partial charge in [-0.1, -0.05) is 35.9 Å². The molecule has 0 saturated carbocycles. The van der Waals surface area contributed by atoms with Gasteiger partial charge in [-0.3, -0.25) is 0 Å². The van der Waals surface area contributed by atoms with Crippen LogP contribution in [0, 0.1) is 13.8 Å². The van der Waals surface area contributed by atoms with E-state index in [9.17, 15) is 4.79 Å². The maximum absolute atomic E-state index is 12.0. The molecule has 0 fully saturated rings. The molecule has 2 nitrogen and oxygen atoms in total. The van der Waals surface area contributed by atoms with Gasteiger partial charge < -0.3 is 4.74 Å². The van der Waals surface area contributed by atoms with E-state index in [4.69, 9.17) is 16.3 Å². The number of cyclic esters (lactones) is 1. The van der Waals surface area contributed by atoms with Crippen molar-refractivity contribution < 1.29 is 9.53 Å². The molecule has 0 atom stereocenters. The molecular weight excluding hydrogens is 296 g/mol. The molecule has 3 rings (SSSR count). The first-order valence-corrected chi connectivity index (χ1v) is 7.39. The summed E-state index contributed by atoms with van der Waals surface area (Å²) in [4.78, 5) is 12.0. The molecule has 1 aliphatic heterocycles. The molecule has 0 aromatic heterocycles. The summed E-state index contributed by atoms with van der Waals surface area (Å²) >= 11 is 5.86. The van der Waals surface area contributed by atoms with Gasteiger partial charge in [0.15, 0.2) is 0 Å². The molecule has 110 valence electrons. The molecule has 0 aliphatic carbocycles. The Labute approximate surface area is 134 Å². The van der Waals surface area contributed by atoms with Crippen LogP contribution in [-0.4, -0.2) is 5.97 Å². The van der Waals surface area contributed by atoms with E-state index in [2.05, 4.69) is 6.92 Å². The maximum Gasteiger partial charge on any atom is 0.343 e. The third-order valence-electron chi connectivity index (χ3n) is 3.71. The molecule has 0 saturated heterocycles. The van der Waals surface area contributed by atoms with Gasteiger partial charge in [-0.2, -0.15) is 0 Å². The molecule has 0 spiro atoms. The van der Waals surface area contributed by atoms with Crippen molar-refractivity contribution in [3.8, 4) is 0 Å². The monoisotopic (exact) mass is 310 g/mol. The third-order valence-corrected chi connectivity index (χ3v) is 3.96. The van der Waals surface area contributed by atoms with Gasteiger partial charge >= 0.3 is 5.97 Å². The molecule has 22 heavy (non-hydrogen) atoms. The fourth-order valence-electron chi connectivity index (χ4n) is 2.26. The Morgan fingerprint density at radius 1 is 1.00 bits per heavy atom. The third kappa shape index (κ3) is 2.97. The lowest BCUT2D eigenvalue weighted by molar-refractivity contribution is -0.130.